The third kappa shape index (κ3) is 5.94. The summed E-state index contributed by atoms with van der Waals surface area (Å²) in [6.45, 7) is 7.55. The fraction of sp³-hybridized carbons (Fsp3) is 0.0385. The second-order valence-electron chi connectivity index (χ2n) is 14.4. The number of halogens is 1. The topological polar surface area (TPSA) is 28.1 Å². The first-order valence-corrected chi connectivity index (χ1v) is 20.8. The van der Waals surface area contributed by atoms with E-state index < -0.39 is 8.07 Å². The van der Waals surface area contributed by atoms with E-state index in [0.29, 0.717) is 11.3 Å². The second-order valence-corrected chi connectivity index (χ2v) is 18.2. The van der Waals surface area contributed by atoms with Crippen molar-refractivity contribution < 1.29 is 4.39 Å². The molecular formula is C52H35FN2Si. The van der Waals surface area contributed by atoms with Crippen molar-refractivity contribution in [2.45, 2.75) is 11.8 Å². The van der Waals surface area contributed by atoms with Gasteiger partial charge >= 0.3 is 0 Å². The Bertz CT molecular complexity index is 2600. The Morgan fingerprint density at radius 1 is 0.518 bits per heavy atom. The number of nitriles is 1. The van der Waals surface area contributed by atoms with Crippen molar-refractivity contribution >= 4 is 34.5 Å². The summed E-state index contributed by atoms with van der Waals surface area (Å²) in [6.07, 6.45) is 0. The fourth-order valence-corrected chi connectivity index (χ4v) is 13.6. The predicted octanol–water partition coefficient (Wildman–Crippen LogP) is 9.97. The van der Waals surface area contributed by atoms with Gasteiger partial charge in [-0.2, -0.15) is 5.26 Å². The molecule has 0 aromatic heterocycles. The molecule has 8 aromatic carbocycles. The van der Waals surface area contributed by atoms with Gasteiger partial charge in [0, 0.05) is 11.8 Å². The second kappa shape index (κ2) is 14.6. The van der Waals surface area contributed by atoms with Gasteiger partial charge in [0.2, 0.25) is 0 Å². The van der Waals surface area contributed by atoms with Gasteiger partial charge in [-0.15, -0.1) is 0 Å². The summed E-state index contributed by atoms with van der Waals surface area (Å²) in [4.78, 5) is 3.64. The van der Waals surface area contributed by atoms with Crippen LogP contribution in [0, 0.1) is 23.7 Å². The Hall–Kier alpha value is -7.11. The third-order valence-corrected chi connectivity index (χ3v) is 16.1. The lowest BCUT2D eigenvalue weighted by atomic mass is 9.82. The summed E-state index contributed by atoms with van der Waals surface area (Å²) in [5.74, 6) is -0.469. The maximum atomic E-state index is 14.4. The summed E-state index contributed by atoms with van der Waals surface area (Å²) < 4.78 is 14.4. The van der Waals surface area contributed by atoms with Crippen molar-refractivity contribution in [3.63, 3.8) is 0 Å². The molecule has 0 saturated carbocycles. The normalized spacial score (nSPS) is 13.5. The Kier molecular flexibility index (Phi) is 9.04. The van der Waals surface area contributed by atoms with E-state index in [4.69, 9.17) is 6.57 Å². The molecule has 0 fully saturated rings. The summed E-state index contributed by atoms with van der Waals surface area (Å²) in [5, 5.41) is 14.8. The van der Waals surface area contributed by atoms with Crippen LogP contribution >= 0.6 is 0 Å². The van der Waals surface area contributed by atoms with Gasteiger partial charge in [0.25, 0.3) is 0 Å². The van der Waals surface area contributed by atoms with Gasteiger partial charge in [0.1, 0.15) is 5.82 Å². The molecule has 0 heterocycles. The van der Waals surface area contributed by atoms with Gasteiger partial charge in [-0.25, -0.2) is 9.24 Å². The zero-order chi connectivity index (χ0) is 38.1. The highest BCUT2D eigenvalue weighted by molar-refractivity contribution is 7.19. The lowest BCUT2D eigenvalue weighted by Gasteiger charge is -2.35. The zero-order valence-electron chi connectivity index (χ0n) is 30.5. The van der Waals surface area contributed by atoms with Gasteiger partial charge < -0.3 is 0 Å². The number of hydrogen-bond donors (Lipinski definition) is 0. The number of nitrogens with zero attached hydrogens (tertiary/aromatic N) is 2. The largest absolute Gasteiger partial charge is 0.238 e. The first-order valence-electron chi connectivity index (χ1n) is 18.8. The molecule has 0 spiro atoms. The molecule has 0 saturated heterocycles. The lowest BCUT2D eigenvalue weighted by molar-refractivity contribution is 0.627. The Balaban J connectivity index is 1.31. The van der Waals surface area contributed by atoms with Crippen LogP contribution in [0.1, 0.15) is 50.8 Å². The zero-order valence-corrected chi connectivity index (χ0v) is 31.5. The molecule has 8 aromatic rings. The third-order valence-electron chi connectivity index (χ3n) is 11.4. The van der Waals surface area contributed by atoms with Crippen LogP contribution in [0.5, 0.6) is 0 Å². The van der Waals surface area contributed by atoms with Gasteiger partial charge in [-0.1, -0.05) is 170 Å². The minimum atomic E-state index is -2.83. The van der Waals surface area contributed by atoms with Crippen LogP contribution in [0.3, 0.4) is 0 Å². The van der Waals surface area contributed by atoms with E-state index >= 15 is 0 Å². The van der Waals surface area contributed by atoms with Crippen molar-refractivity contribution in [3.05, 3.63) is 256 Å². The van der Waals surface area contributed by atoms with Gasteiger partial charge in [-0.3, -0.25) is 0 Å². The smallest absolute Gasteiger partial charge is 0.187 e. The van der Waals surface area contributed by atoms with Crippen molar-refractivity contribution in [1.29, 1.82) is 5.26 Å². The van der Waals surface area contributed by atoms with Crippen LogP contribution in [0.25, 0.3) is 16.0 Å². The van der Waals surface area contributed by atoms with Crippen molar-refractivity contribution in [1.82, 2.24) is 0 Å². The number of rotatable bonds is 8. The molecule has 56 heavy (non-hydrogen) atoms. The Morgan fingerprint density at radius 3 is 1.52 bits per heavy atom. The minimum Gasteiger partial charge on any atom is -0.238 e. The highest BCUT2D eigenvalue weighted by Crippen LogP contribution is 2.49. The SMILES string of the molecule is [C-]#[N+]c1ccc(C(c2ccc(C#N)cc2)c2ccc3c(c2)-c2cc([Si](c4ccccc4)(c4ccccc4)c4ccccc4)ccc2C3c2ccc(F)cc2)cc1. The molecule has 0 radical (unpaired) electrons. The van der Waals surface area contributed by atoms with Gasteiger partial charge in [-0.05, 0) is 95.6 Å². The summed E-state index contributed by atoms with van der Waals surface area (Å²) in [6, 6.07) is 71.6. The maximum absolute atomic E-state index is 14.4. The molecule has 2 atom stereocenters. The molecule has 1 aliphatic rings. The van der Waals surface area contributed by atoms with E-state index in [1.54, 1.807) is 12.1 Å². The van der Waals surface area contributed by atoms with Crippen LogP contribution in [0.15, 0.2) is 200 Å². The van der Waals surface area contributed by atoms with Gasteiger partial charge in [0.15, 0.2) is 13.8 Å². The standard InChI is InChI=1S/C52H35FN2Si/c1-55-42-28-23-38(24-29-42)51(37-19-17-36(35-54)18-20-37)40-25-31-47-49(33-40)50-34-46(30-32-48(50)52(47)39-21-26-41(53)27-22-39)56(43-11-5-2-6-12-43,44-13-7-3-8-14-44)45-15-9-4-10-16-45/h2-34,51-52H. The van der Waals surface area contributed by atoms with E-state index in [-0.39, 0.29) is 17.7 Å². The molecule has 0 aliphatic heterocycles. The van der Waals surface area contributed by atoms with Crippen LogP contribution in [0.2, 0.25) is 0 Å². The molecule has 4 heteroatoms. The van der Waals surface area contributed by atoms with Crippen molar-refractivity contribution in [2.75, 3.05) is 0 Å². The van der Waals surface area contributed by atoms with Crippen LogP contribution in [-0.4, -0.2) is 8.07 Å². The van der Waals surface area contributed by atoms with E-state index in [1.807, 2.05) is 60.7 Å². The van der Waals surface area contributed by atoms with Crippen LogP contribution in [0.4, 0.5) is 10.1 Å². The lowest BCUT2D eigenvalue weighted by Crippen LogP contribution is -2.74. The van der Waals surface area contributed by atoms with Crippen LogP contribution < -0.4 is 20.7 Å². The van der Waals surface area contributed by atoms with E-state index in [9.17, 15) is 9.65 Å². The fourth-order valence-electron chi connectivity index (χ4n) is 8.83. The number of benzene rings is 8. The van der Waals surface area contributed by atoms with Crippen molar-refractivity contribution in [2.24, 2.45) is 0 Å². The molecule has 0 N–H and O–H groups in total. The van der Waals surface area contributed by atoms with Gasteiger partial charge in [0.05, 0.1) is 18.2 Å². The molecule has 2 nitrogen and oxygen atoms in total. The van der Waals surface area contributed by atoms with E-state index in [2.05, 4.69) is 138 Å². The first-order chi connectivity index (χ1) is 27.6. The molecule has 9 rings (SSSR count). The molecule has 0 bridgehead atoms. The quantitative estimate of drug-likeness (QED) is 0.0868. The number of hydrogen-bond acceptors (Lipinski definition) is 1. The molecule has 0 amide bonds. The monoisotopic (exact) mass is 734 g/mol. The average molecular weight is 735 g/mol. The molecule has 1 aliphatic carbocycles. The molecular weight excluding hydrogens is 700 g/mol. The summed E-state index contributed by atoms with van der Waals surface area (Å²) in [5.41, 5.74) is 10.2. The number of fused-ring (bicyclic) bond motifs is 3. The summed E-state index contributed by atoms with van der Waals surface area (Å²) in [7, 11) is -2.83. The maximum Gasteiger partial charge on any atom is 0.187 e. The predicted molar refractivity (Wildman–Crippen MR) is 228 cm³/mol. The average Bonchev–Trinajstić information content (AvgIpc) is 3.59. The highest BCUT2D eigenvalue weighted by Gasteiger charge is 2.43. The minimum absolute atomic E-state index is 0.0729. The first kappa shape index (κ1) is 34.6. The van der Waals surface area contributed by atoms with Crippen LogP contribution in [-0.2, 0) is 0 Å². The van der Waals surface area contributed by atoms with E-state index in [0.717, 1.165) is 27.8 Å². The summed E-state index contributed by atoms with van der Waals surface area (Å²) >= 11 is 0. The van der Waals surface area contributed by atoms with Crippen molar-refractivity contribution in [3.8, 4) is 17.2 Å². The Labute approximate surface area is 328 Å². The highest BCUT2D eigenvalue weighted by atomic mass is 28.3. The van der Waals surface area contributed by atoms with E-state index in [1.165, 1.54) is 37.4 Å². The Morgan fingerprint density at radius 2 is 1.00 bits per heavy atom. The molecule has 264 valence electrons. The molecule has 2 unspecified atom stereocenters.